The fourth-order valence-electron chi connectivity index (χ4n) is 2.44. The lowest BCUT2D eigenvalue weighted by molar-refractivity contribution is -0.139. The summed E-state index contributed by atoms with van der Waals surface area (Å²) in [5.41, 5.74) is 1.15. The molecular weight excluding hydrogens is 500 g/mol. The summed E-state index contributed by atoms with van der Waals surface area (Å²) in [6, 6.07) is 8.03. The van der Waals surface area contributed by atoms with Crippen LogP contribution >= 0.6 is 24.0 Å². The van der Waals surface area contributed by atoms with Crippen LogP contribution in [0.3, 0.4) is 0 Å². The first-order valence-corrected chi connectivity index (χ1v) is 8.58. The van der Waals surface area contributed by atoms with Crippen molar-refractivity contribution in [2.45, 2.75) is 19.6 Å². The Morgan fingerprint density at radius 3 is 2.62 bits per heavy atom. The van der Waals surface area contributed by atoms with Crippen molar-refractivity contribution in [3.05, 3.63) is 53.2 Å². The molecule has 2 aromatic rings. The van der Waals surface area contributed by atoms with Gasteiger partial charge in [-0.05, 0) is 30.7 Å². The molecule has 0 aliphatic heterocycles. The Morgan fingerprint density at radius 1 is 1.21 bits per heavy atom. The Hall–Kier alpha value is -2.24. The van der Waals surface area contributed by atoms with Crippen molar-refractivity contribution in [2.75, 3.05) is 27.3 Å². The molecule has 2 N–H and O–H groups in total. The van der Waals surface area contributed by atoms with E-state index >= 15 is 0 Å². The Morgan fingerprint density at radius 2 is 1.97 bits per heavy atom. The zero-order valence-electron chi connectivity index (χ0n) is 16.3. The number of methoxy groups -OCH3 is 1. The van der Waals surface area contributed by atoms with Gasteiger partial charge in [0.05, 0.1) is 13.7 Å². The maximum absolute atomic E-state index is 12.9. The van der Waals surface area contributed by atoms with Crippen LogP contribution in [0.1, 0.15) is 16.7 Å². The van der Waals surface area contributed by atoms with Crippen LogP contribution < -0.4 is 20.1 Å². The van der Waals surface area contributed by atoms with E-state index in [9.17, 15) is 13.2 Å². The molecule has 0 atom stereocenters. The number of rotatable bonds is 7. The van der Waals surface area contributed by atoms with Gasteiger partial charge in [0.25, 0.3) is 0 Å². The first-order valence-electron chi connectivity index (χ1n) is 8.58. The molecule has 1 heterocycles. The van der Waals surface area contributed by atoms with Gasteiger partial charge in [0.2, 0.25) is 5.88 Å². The maximum atomic E-state index is 12.9. The zero-order valence-corrected chi connectivity index (χ0v) is 18.7. The van der Waals surface area contributed by atoms with E-state index in [1.807, 2.05) is 25.1 Å². The fourth-order valence-corrected chi connectivity index (χ4v) is 2.44. The Bertz CT molecular complexity index is 816. The van der Waals surface area contributed by atoms with E-state index in [4.69, 9.17) is 9.47 Å². The van der Waals surface area contributed by atoms with Crippen LogP contribution in [0.15, 0.2) is 41.5 Å². The first-order chi connectivity index (χ1) is 13.3. The van der Waals surface area contributed by atoms with Gasteiger partial charge in [-0.1, -0.05) is 12.1 Å². The molecule has 0 spiro atoms. The maximum Gasteiger partial charge on any atom is 0.421 e. The summed E-state index contributed by atoms with van der Waals surface area (Å²) in [4.78, 5) is 7.73. The second-order valence-corrected chi connectivity index (χ2v) is 5.87. The summed E-state index contributed by atoms with van der Waals surface area (Å²) in [7, 11) is 3.21. The summed E-state index contributed by atoms with van der Waals surface area (Å²) in [5.74, 6) is 0.813. The van der Waals surface area contributed by atoms with Crippen molar-refractivity contribution >= 4 is 29.9 Å². The number of aryl methyl sites for hydroxylation is 1. The number of benzene rings is 1. The molecule has 0 fully saturated rings. The second-order valence-electron chi connectivity index (χ2n) is 5.87. The monoisotopic (exact) mass is 524 g/mol. The summed E-state index contributed by atoms with van der Waals surface area (Å²) in [5, 5.41) is 6.10. The lowest BCUT2D eigenvalue weighted by Crippen LogP contribution is -2.39. The number of pyridine rings is 1. The van der Waals surface area contributed by atoms with Gasteiger partial charge in [0.1, 0.15) is 17.9 Å². The van der Waals surface area contributed by atoms with Gasteiger partial charge in [-0.25, -0.2) is 4.98 Å². The van der Waals surface area contributed by atoms with E-state index in [0.717, 1.165) is 22.9 Å². The number of hydrogen-bond acceptors (Lipinski definition) is 4. The molecule has 1 aromatic carbocycles. The lowest BCUT2D eigenvalue weighted by Gasteiger charge is -2.15. The minimum Gasteiger partial charge on any atom is -0.496 e. The van der Waals surface area contributed by atoms with Gasteiger partial charge < -0.3 is 20.1 Å². The molecule has 0 aliphatic rings. The van der Waals surface area contributed by atoms with E-state index in [-0.39, 0.29) is 37.1 Å². The van der Waals surface area contributed by atoms with Crippen LogP contribution in [0.2, 0.25) is 0 Å². The molecule has 0 aliphatic carbocycles. The third-order valence-electron chi connectivity index (χ3n) is 3.82. The van der Waals surface area contributed by atoms with E-state index in [1.165, 1.54) is 12.3 Å². The average Bonchev–Trinajstić information content (AvgIpc) is 2.67. The number of ether oxygens (including phenoxy) is 2. The highest BCUT2D eigenvalue weighted by atomic mass is 127. The van der Waals surface area contributed by atoms with E-state index in [2.05, 4.69) is 20.6 Å². The molecule has 0 saturated heterocycles. The summed E-state index contributed by atoms with van der Waals surface area (Å²) >= 11 is 0. The highest BCUT2D eigenvalue weighted by molar-refractivity contribution is 14.0. The van der Waals surface area contributed by atoms with Crippen LogP contribution in [-0.2, 0) is 12.7 Å². The van der Waals surface area contributed by atoms with Gasteiger partial charge in [-0.3, -0.25) is 4.99 Å². The second kappa shape index (κ2) is 11.7. The number of nitrogens with zero attached hydrogens (tertiary/aromatic N) is 2. The number of alkyl halides is 3. The van der Waals surface area contributed by atoms with Crippen molar-refractivity contribution < 1.29 is 22.6 Å². The van der Waals surface area contributed by atoms with Crippen molar-refractivity contribution in [1.29, 1.82) is 0 Å². The van der Waals surface area contributed by atoms with Gasteiger partial charge >= 0.3 is 6.18 Å². The van der Waals surface area contributed by atoms with E-state index in [1.54, 1.807) is 14.2 Å². The predicted octanol–water partition coefficient (Wildman–Crippen LogP) is 3.78. The summed E-state index contributed by atoms with van der Waals surface area (Å²) in [6.45, 7) is 2.70. The number of nitrogens with one attached hydrogen (secondary N) is 2. The topological polar surface area (TPSA) is 67.8 Å². The van der Waals surface area contributed by atoms with Gasteiger partial charge in [-0.15, -0.1) is 24.0 Å². The van der Waals surface area contributed by atoms with E-state index < -0.39 is 17.6 Å². The minimum atomic E-state index is -4.51. The highest BCUT2D eigenvalue weighted by Crippen LogP contribution is 2.34. The quantitative estimate of drug-likeness (QED) is 0.250. The molecule has 0 unspecified atom stereocenters. The van der Waals surface area contributed by atoms with Gasteiger partial charge in [-0.2, -0.15) is 13.2 Å². The SMILES string of the molecule is CN=C(NCCOc1ncccc1C(F)(F)F)NCc1ccc(C)cc1OC.I. The zero-order chi connectivity index (χ0) is 20.6. The smallest absolute Gasteiger partial charge is 0.421 e. The summed E-state index contributed by atoms with van der Waals surface area (Å²) < 4.78 is 49.3. The lowest BCUT2D eigenvalue weighted by atomic mass is 10.1. The number of aromatic nitrogens is 1. The largest absolute Gasteiger partial charge is 0.496 e. The number of hydrogen-bond donors (Lipinski definition) is 2. The van der Waals surface area contributed by atoms with Crippen molar-refractivity contribution in [3.63, 3.8) is 0 Å². The molecule has 0 bridgehead atoms. The number of guanidine groups is 1. The Balaban J connectivity index is 0.00000420. The predicted molar refractivity (Wildman–Crippen MR) is 116 cm³/mol. The minimum absolute atomic E-state index is 0. The molecule has 29 heavy (non-hydrogen) atoms. The molecule has 2 rings (SSSR count). The third kappa shape index (κ3) is 7.59. The standard InChI is InChI=1S/C19H23F3N4O2.HI/c1-13-6-7-14(16(11-13)27-3)12-26-18(23-2)25-9-10-28-17-15(19(20,21)22)5-4-8-24-17;/h4-8,11H,9-10,12H2,1-3H3,(H2,23,25,26);1H. The van der Waals surface area contributed by atoms with Crippen molar-refractivity contribution in [3.8, 4) is 11.6 Å². The fraction of sp³-hybridized carbons (Fsp3) is 0.368. The van der Waals surface area contributed by atoms with Crippen molar-refractivity contribution in [1.82, 2.24) is 15.6 Å². The van der Waals surface area contributed by atoms with Crippen molar-refractivity contribution in [2.24, 2.45) is 4.99 Å². The van der Waals surface area contributed by atoms with Gasteiger partial charge in [0, 0.05) is 25.4 Å². The average molecular weight is 524 g/mol. The molecule has 1 aromatic heterocycles. The number of aliphatic imine (C=N–C) groups is 1. The molecule has 0 saturated carbocycles. The summed E-state index contributed by atoms with van der Waals surface area (Å²) in [6.07, 6.45) is -3.25. The Kier molecular flexibility index (Phi) is 9.99. The van der Waals surface area contributed by atoms with Crippen LogP contribution in [0, 0.1) is 6.92 Å². The molecular formula is C19H24F3IN4O2. The van der Waals surface area contributed by atoms with E-state index in [0.29, 0.717) is 12.5 Å². The van der Waals surface area contributed by atoms with Crippen LogP contribution in [0.25, 0.3) is 0 Å². The molecule has 6 nitrogen and oxygen atoms in total. The Labute approximate surface area is 184 Å². The van der Waals surface area contributed by atoms with Gasteiger partial charge in [0.15, 0.2) is 5.96 Å². The van der Waals surface area contributed by atoms with Crippen LogP contribution in [0.4, 0.5) is 13.2 Å². The van der Waals surface area contributed by atoms with Crippen LogP contribution in [-0.4, -0.2) is 38.3 Å². The third-order valence-corrected chi connectivity index (χ3v) is 3.82. The molecule has 160 valence electrons. The highest BCUT2D eigenvalue weighted by Gasteiger charge is 2.34. The number of halogens is 4. The molecule has 0 amide bonds. The normalized spacial score (nSPS) is 11.4. The molecule has 0 radical (unpaired) electrons. The van der Waals surface area contributed by atoms with Crippen LogP contribution in [0.5, 0.6) is 11.6 Å². The molecule has 10 heteroatoms. The first kappa shape index (κ1) is 24.8.